The first-order chi connectivity index (χ1) is 12.0. The third-order valence-electron chi connectivity index (χ3n) is 3.59. The molecule has 2 rings (SSSR count). The van der Waals surface area contributed by atoms with E-state index in [1.807, 2.05) is 0 Å². The molecule has 1 N–H and O–H groups in total. The molecule has 0 bridgehead atoms. The topological polar surface area (TPSA) is 106 Å². The van der Waals surface area contributed by atoms with Crippen molar-refractivity contribution >= 4 is 44.6 Å². The first-order valence-corrected chi connectivity index (χ1v) is 9.89. The van der Waals surface area contributed by atoms with Gasteiger partial charge in [-0.25, -0.2) is 8.42 Å². The van der Waals surface area contributed by atoms with Gasteiger partial charge < -0.3 is 5.32 Å². The van der Waals surface area contributed by atoms with Crippen LogP contribution in [0, 0.1) is 10.1 Å². The number of halogens is 2. The molecule has 1 atom stereocenters. The standard InChI is InChI=1S/C16H14Cl2N2O5S/c1-9(12-5-4-11(17)8-13(12)18)19-16(21)10-3-6-15(26(2,24)25)14(7-10)20(22)23/h3-9H,1-2H3,(H,19,21). The summed E-state index contributed by atoms with van der Waals surface area (Å²) in [6, 6.07) is 7.51. The average Bonchev–Trinajstić information content (AvgIpc) is 2.53. The molecule has 0 aliphatic heterocycles. The normalized spacial score (nSPS) is 12.5. The van der Waals surface area contributed by atoms with E-state index in [1.54, 1.807) is 19.1 Å². The maximum Gasteiger partial charge on any atom is 0.288 e. The summed E-state index contributed by atoms with van der Waals surface area (Å²) in [4.78, 5) is 22.2. The number of nitro groups is 1. The lowest BCUT2D eigenvalue weighted by molar-refractivity contribution is -0.387. The highest BCUT2D eigenvalue weighted by Gasteiger charge is 2.24. The molecular weight excluding hydrogens is 403 g/mol. The van der Waals surface area contributed by atoms with Crippen molar-refractivity contribution in [1.29, 1.82) is 0 Å². The minimum Gasteiger partial charge on any atom is -0.345 e. The van der Waals surface area contributed by atoms with Gasteiger partial charge in [-0.2, -0.15) is 0 Å². The van der Waals surface area contributed by atoms with Crippen LogP contribution in [0.25, 0.3) is 0 Å². The number of hydrogen-bond acceptors (Lipinski definition) is 5. The van der Waals surface area contributed by atoms with Gasteiger partial charge in [0.15, 0.2) is 9.84 Å². The number of sulfone groups is 1. The lowest BCUT2D eigenvalue weighted by atomic mass is 10.1. The van der Waals surface area contributed by atoms with E-state index in [-0.39, 0.29) is 5.56 Å². The van der Waals surface area contributed by atoms with Crippen LogP contribution >= 0.6 is 23.2 Å². The Morgan fingerprint density at radius 2 is 1.85 bits per heavy atom. The fourth-order valence-electron chi connectivity index (χ4n) is 2.33. The van der Waals surface area contributed by atoms with Crippen LogP contribution in [-0.4, -0.2) is 25.5 Å². The molecule has 1 amide bonds. The number of rotatable bonds is 5. The zero-order valence-electron chi connectivity index (χ0n) is 13.7. The molecule has 0 aliphatic rings. The lowest BCUT2D eigenvalue weighted by Crippen LogP contribution is -2.27. The average molecular weight is 417 g/mol. The Bertz CT molecular complexity index is 992. The first-order valence-electron chi connectivity index (χ1n) is 7.25. The van der Waals surface area contributed by atoms with Gasteiger partial charge in [-0.05, 0) is 36.8 Å². The molecule has 138 valence electrons. The van der Waals surface area contributed by atoms with Crippen LogP contribution in [0.2, 0.25) is 10.0 Å². The number of nitrogens with zero attached hydrogens (tertiary/aromatic N) is 1. The highest BCUT2D eigenvalue weighted by Crippen LogP contribution is 2.28. The second-order valence-corrected chi connectivity index (χ2v) is 8.40. The third kappa shape index (κ3) is 4.51. The molecular formula is C16H14Cl2N2O5S. The Kier molecular flexibility index (Phi) is 5.90. The summed E-state index contributed by atoms with van der Waals surface area (Å²) in [6.07, 6.45) is 0.861. The van der Waals surface area contributed by atoms with E-state index in [0.717, 1.165) is 18.4 Å². The van der Waals surface area contributed by atoms with Crippen molar-refractivity contribution in [1.82, 2.24) is 5.32 Å². The maximum absolute atomic E-state index is 12.4. The van der Waals surface area contributed by atoms with Crippen LogP contribution in [-0.2, 0) is 9.84 Å². The number of nitrogens with one attached hydrogen (secondary N) is 1. The Morgan fingerprint density at radius 3 is 2.38 bits per heavy atom. The van der Waals surface area contributed by atoms with E-state index in [9.17, 15) is 23.3 Å². The summed E-state index contributed by atoms with van der Waals surface area (Å²) in [7, 11) is -3.80. The summed E-state index contributed by atoms with van der Waals surface area (Å²) in [5.41, 5.74) is -0.0787. The van der Waals surface area contributed by atoms with E-state index in [2.05, 4.69) is 5.32 Å². The summed E-state index contributed by atoms with van der Waals surface area (Å²) in [5.74, 6) is -0.605. The molecule has 7 nitrogen and oxygen atoms in total. The van der Waals surface area contributed by atoms with Gasteiger partial charge >= 0.3 is 0 Å². The molecule has 0 spiro atoms. The zero-order valence-corrected chi connectivity index (χ0v) is 16.0. The Labute approximate surface area is 160 Å². The summed E-state index contributed by atoms with van der Waals surface area (Å²) in [6.45, 7) is 1.69. The number of benzene rings is 2. The van der Waals surface area contributed by atoms with Crippen molar-refractivity contribution < 1.29 is 18.1 Å². The van der Waals surface area contributed by atoms with Crippen molar-refractivity contribution in [2.24, 2.45) is 0 Å². The van der Waals surface area contributed by atoms with Gasteiger partial charge in [0, 0.05) is 27.9 Å². The van der Waals surface area contributed by atoms with Crippen molar-refractivity contribution in [3.05, 3.63) is 67.7 Å². The predicted molar refractivity (Wildman–Crippen MR) is 98.5 cm³/mol. The highest BCUT2D eigenvalue weighted by atomic mass is 35.5. The second kappa shape index (κ2) is 7.61. The maximum atomic E-state index is 12.4. The molecule has 10 heteroatoms. The SMILES string of the molecule is CC(NC(=O)c1ccc(S(C)(=O)=O)c([N+](=O)[O-])c1)c1ccc(Cl)cc1Cl. The van der Waals surface area contributed by atoms with Gasteiger partial charge in [-0.15, -0.1) is 0 Å². The van der Waals surface area contributed by atoms with Gasteiger partial charge in [0.2, 0.25) is 0 Å². The zero-order chi connectivity index (χ0) is 19.6. The molecule has 0 fully saturated rings. The quantitative estimate of drug-likeness (QED) is 0.589. The lowest BCUT2D eigenvalue weighted by Gasteiger charge is -2.16. The van der Waals surface area contributed by atoms with Crippen LogP contribution in [0.4, 0.5) is 5.69 Å². The van der Waals surface area contributed by atoms with Gasteiger partial charge in [-0.1, -0.05) is 29.3 Å². The van der Waals surface area contributed by atoms with Gasteiger partial charge in [0.1, 0.15) is 4.90 Å². The number of amides is 1. The van der Waals surface area contributed by atoms with Crippen LogP contribution in [0.1, 0.15) is 28.9 Å². The molecule has 0 heterocycles. The van der Waals surface area contributed by atoms with Crippen molar-refractivity contribution in [2.45, 2.75) is 17.9 Å². The van der Waals surface area contributed by atoms with Gasteiger partial charge in [0.25, 0.3) is 11.6 Å². The predicted octanol–water partition coefficient (Wildman–Crippen LogP) is 3.80. The number of carbonyl (C=O) groups is 1. The molecule has 1 unspecified atom stereocenters. The molecule has 0 saturated carbocycles. The van der Waals surface area contributed by atoms with E-state index < -0.39 is 37.3 Å². The van der Waals surface area contributed by atoms with Crippen molar-refractivity contribution in [2.75, 3.05) is 6.26 Å². The summed E-state index contributed by atoms with van der Waals surface area (Å²) < 4.78 is 23.3. The smallest absolute Gasteiger partial charge is 0.288 e. The highest BCUT2D eigenvalue weighted by molar-refractivity contribution is 7.90. The molecule has 0 aliphatic carbocycles. The van der Waals surface area contributed by atoms with Crippen LogP contribution < -0.4 is 5.32 Å². The molecule has 2 aromatic rings. The van der Waals surface area contributed by atoms with Crippen molar-refractivity contribution in [3.8, 4) is 0 Å². The van der Waals surface area contributed by atoms with Crippen LogP contribution in [0.5, 0.6) is 0 Å². The third-order valence-corrected chi connectivity index (χ3v) is 5.30. The summed E-state index contributed by atoms with van der Waals surface area (Å²) >= 11 is 11.9. The fraction of sp³-hybridized carbons (Fsp3) is 0.188. The minimum absolute atomic E-state index is 0.0407. The van der Waals surface area contributed by atoms with Crippen LogP contribution in [0.3, 0.4) is 0 Å². The number of hydrogen-bond donors (Lipinski definition) is 1. The van der Waals surface area contributed by atoms with E-state index in [4.69, 9.17) is 23.2 Å². The largest absolute Gasteiger partial charge is 0.345 e. The number of nitro benzene ring substituents is 1. The Morgan fingerprint density at radius 1 is 1.19 bits per heavy atom. The molecule has 0 radical (unpaired) electrons. The monoisotopic (exact) mass is 416 g/mol. The van der Waals surface area contributed by atoms with Crippen LogP contribution in [0.15, 0.2) is 41.3 Å². The van der Waals surface area contributed by atoms with E-state index in [0.29, 0.717) is 15.6 Å². The van der Waals surface area contributed by atoms with Crippen molar-refractivity contribution in [3.63, 3.8) is 0 Å². The van der Waals surface area contributed by atoms with E-state index in [1.165, 1.54) is 12.1 Å². The number of carbonyl (C=O) groups excluding carboxylic acids is 1. The second-order valence-electron chi connectivity index (χ2n) is 5.57. The van der Waals surface area contributed by atoms with Gasteiger partial charge in [0.05, 0.1) is 11.0 Å². The molecule has 0 saturated heterocycles. The Balaban J connectivity index is 2.32. The van der Waals surface area contributed by atoms with Gasteiger partial charge in [-0.3, -0.25) is 14.9 Å². The Hall–Kier alpha value is -2.16. The molecule has 0 aromatic heterocycles. The molecule has 2 aromatic carbocycles. The fourth-order valence-corrected chi connectivity index (χ4v) is 3.73. The minimum atomic E-state index is -3.80. The summed E-state index contributed by atoms with van der Waals surface area (Å²) in [5, 5.41) is 14.6. The van der Waals surface area contributed by atoms with E-state index >= 15 is 0 Å². The molecule has 26 heavy (non-hydrogen) atoms. The first kappa shape index (κ1) is 20.2.